The van der Waals surface area contributed by atoms with Crippen LogP contribution in [0.25, 0.3) is 10.9 Å². The van der Waals surface area contributed by atoms with Gasteiger partial charge in [-0.3, -0.25) is 0 Å². The van der Waals surface area contributed by atoms with Crippen LogP contribution < -0.4 is 5.73 Å². The zero-order valence-corrected chi connectivity index (χ0v) is 9.99. The highest BCUT2D eigenvalue weighted by molar-refractivity contribution is 5.84. The van der Waals surface area contributed by atoms with Crippen LogP contribution in [0.5, 0.6) is 0 Å². The van der Waals surface area contributed by atoms with E-state index in [1.807, 2.05) is 13.1 Å². The first-order valence-corrected chi connectivity index (χ1v) is 6.15. The van der Waals surface area contributed by atoms with Crippen molar-refractivity contribution in [1.29, 1.82) is 0 Å². The summed E-state index contributed by atoms with van der Waals surface area (Å²) in [6.07, 6.45) is 5.36. The summed E-state index contributed by atoms with van der Waals surface area (Å²) < 4.78 is 15.4. The fourth-order valence-corrected chi connectivity index (χ4v) is 3.02. The molecule has 2 nitrogen and oxygen atoms in total. The van der Waals surface area contributed by atoms with Crippen LogP contribution in [-0.2, 0) is 7.05 Å². The van der Waals surface area contributed by atoms with Crippen molar-refractivity contribution in [1.82, 2.24) is 4.57 Å². The van der Waals surface area contributed by atoms with E-state index in [-0.39, 0.29) is 5.82 Å². The number of hydrogen-bond donors (Lipinski definition) is 1. The number of aryl methyl sites for hydroxylation is 1. The van der Waals surface area contributed by atoms with Gasteiger partial charge in [0.25, 0.3) is 0 Å². The topological polar surface area (TPSA) is 30.9 Å². The number of benzene rings is 1. The summed E-state index contributed by atoms with van der Waals surface area (Å²) in [6, 6.07) is 5.33. The summed E-state index contributed by atoms with van der Waals surface area (Å²) >= 11 is 0. The minimum absolute atomic E-state index is 0.160. The van der Waals surface area contributed by atoms with Gasteiger partial charge >= 0.3 is 0 Å². The first-order valence-electron chi connectivity index (χ1n) is 6.15. The van der Waals surface area contributed by atoms with Crippen molar-refractivity contribution in [2.75, 3.05) is 0 Å². The SMILES string of the molecule is Cn1cc(C2CCC(N)C2)c2cc(F)ccc21. The molecule has 17 heavy (non-hydrogen) atoms. The van der Waals surface area contributed by atoms with Crippen molar-refractivity contribution >= 4 is 10.9 Å². The molecular formula is C14H17FN2. The lowest BCUT2D eigenvalue weighted by Gasteiger charge is -2.07. The third-order valence-electron chi connectivity index (χ3n) is 3.90. The molecule has 0 saturated heterocycles. The Morgan fingerprint density at radius 3 is 2.88 bits per heavy atom. The first kappa shape index (κ1) is 10.8. The highest BCUT2D eigenvalue weighted by Crippen LogP contribution is 2.38. The summed E-state index contributed by atoms with van der Waals surface area (Å²) in [5.74, 6) is 0.336. The number of halogens is 1. The Morgan fingerprint density at radius 1 is 1.35 bits per heavy atom. The molecule has 3 heteroatoms. The molecule has 1 aliphatic rings. The molecule has 0 bridgehead atoms. The predicted molar refractivity (Wildman–Crippen MR) is 67.4 cm³/mol. The van der Waals surface area contributed by atoms with E-state index in [1.165, 1.54) is 11.6 Å². The van der Waals surface area contributed by atoms with E-state index in [9.17, 15) is 4.39 Å². The molecule has 1 aromatic heterocycles. The fraction of sp³-hybridized carbons (Fsp3) is 0.429. The molecule has 0 radical (unpaired) electrons. The van der Waals surface area contributed by atoms with Crippen molar-refractivity contribution < 1.29 is 4.39 Å². The Labute approximate surface area is 100 Å². The van der Waals surface area contributed by atoms with Crippen molar-refractivity contribution in [3.8, 4) is 0 Å². The van der Waals surface area contributed by atoms with Gasteiger partial charge in [0.05, 0.1) is 0 Å². The highest BCUT2D eigenvalue weighted by Gasteiger charge is 2.25. The normalized spacial score (nSPS) is 24.6. The second-order valence-corrected chi connectivity index (χ2v) is 5.13. The van der Waals surface area contributed by atoms with Gasteiger partial charge in [0, 0.05) is 30.2 Å². The molecule has 1 fully saturated rings. The van der Waals surface area contributed by atoms with Gasteiger partial charge in [-0.05, 0) is 48.9 Å². The molecule has 2 aromatic rings. The van der Waals surface area contributed by atoms with Gasteiger partial charge in [0.1, 0.15) is 5.82 Å². The van der Waals surface area contributed by atoms with E-state index in [0.717, 1.165) is 30.2 Å². The molecule has 2 N–H and O–H groups in total. The van der Waals surface area contributed by atoms with Crippen molar-refractivity contribution in [3.05, 3.63) is 35.8 Å². The minimum atomic E-state index is -0.160. The maximum absolute atomic E-state index is 13.4. The largest absolute Gasteiger partial charge is 0.350 e. The standard InChI is InChI=1S/C14H17FN2/c1-17-8-13(9-2-4-11(16)6-9)12-7-10(15)3-5-14(12)17/h3,5,7-9,11H,2,4,6,16H2,1H3. The van der Waals surface area contributed by atoms with Crippen molar-refractivity contribution in [2.45, 2.75) is 31.2 Å². The number of nitrogens with zero attached hydrogens (tertiary/aromatic N) is 1. The van der Waals surface area contributed by atoms with E-state index in [4.69, 9.17) is 5.73 Å². The van der Waals surface area contributed by atoms with Crippen LogP contribution in [0.1, 0.15) is 30.7 Å². The molecule has 2 atom stereocenters. The number of fused-ring (bicyclic) bond motifs is 1. The molecule has 2 unspecified atom stereocenters. The molecule has 90 valence electrons. The van der Waals surface area contributed by atoms with Crippen LogP contribution in [-0.4, -0.2) is 10.6 Å². The van der Waals surface area contributed by atoms with Gasteiger partial charge < -0.3 is 10.3 Å². The van der Waals surface area contributed by atoms with Crippen LogP contribution in [0, 0.1) is 5.82 Å². The van der Waals surface area contributed by atoms with Crippen molar-refractivity contribution in [2.24, 2.45) is 12.8 Å². The van der Waals surface area contributed by atoms with Crippen LogP contribution in [0.15, 0.2) is 24.4 Å². The zero-order chi connectivity index (χ0) is 12.0. The molecule has 1 aliphatic carbocycles. The zero-order valence-electron chi connectivity index (χ0n) is 9.99. The summed E-state index contributed by atoms with van der Waals surface area (Å²) in [6.45, 7) is 0. The van der Waals surface area contributed by atoms with E-state index >= 15 is 0 Å². The average molecular weight is 232 g/mol. The molecular weight excluding hydrogens is 215 g/mol. The lowest BCUT2D eigenvalue weighted by Crippen LogP contribution is -2.14. The second-order valence-electron chi connectivity index (χ2n) is 5.13. The Bertz CT molecular complexity index is 559. The first-order chi connectivity index (χ1) is 8.15. The second kappa shape index (κ2) is 3.84. The Hall–Kier alpha value is -1.35. The molecule has 1 saturated carbocycles. The summed E-state index contributed by atoms with van der Waals surface area (Å²) in [4.78, 5) is 0. The van der Waals surface area contributed by atoms with Crippen LogP contribution in [0.3, 0.4) is 0 Å². The fourth-order valence-electron chi connectivity index (χ4n) is 3.02. The minimum Gasteiger partial charge on any atom is -0.350 e. The van der Waals surface area contributed by atoms with Gasteiger partial charge in [0.15, 0.2) is 0 Å². The van der Waals surface area contributed by atoms with Crippen molar-refractivity contribution in [3.63, 3.8) is 0 Å². The third-order valence-corrected chi connectivity index (χ3v) is 3.90. The smallest absolute Gasteiger partial charge is 0.123 e. The Balaban J connectivity index is 2.13. The molecule has 3 rings (SSSR count). The Kier molecular flexibility index (Phi) is 2.44. The quantitative estimate of drug-likeness (QED) is 0.805. The van der Waals surface area contributed by atoms with E-state index < -0.39 is 0 Å². The number of aromatic nitrogens is 1. The third kappa shape index (κ3) is 1.75. The molecule has 0 spiro atoms. The monoisotopic (exact) mass is 232 g/mol. The molecule has 1 aromatic carbocycles. The molecule has 0 aliphatic heterocycles. The summed E-state index contributed by atoms with van der Waals surface area (Å²) in [5, 5.41) is 1.05. The Morgan fingerprint density at radius 2 is 2.18 bits per heavy atom. The lowest BCUT2D eigenvalue weighted by atomic mass is 9.97. The lowest BCUT2D eigenvalue weighted by molar-refractivity contribution is 0.629. The molecule has 1 heterocycles. The van der Waals surface area contributed by atoms with Crippen LogP contribution in [0.4, 0.5) is 4.39 Å². The van der Waals surface area contributed by atoms with Crippen LogP contribution in [0.2, 0.25) is 0 Å². The number of rotatable bonds is 1. The number of nitrogens with two attached hydrogens (primary N) is 1. The van der Waals surface area contributed by atoms with Gasteiger partial charge in [-0.25, -0.2) is 4.39 Å². The van der Waals surface area contributed by atoms with E-state index in [1.54, 1.807) is 6.07 Å². The summed E-state index contributed by atoms with van der Waals surface area (Å²) in [5.41, 5.74) is 8.32. The maximum atomic E-state index is 13.4. The van der Waals surface area contributed by atoms with Gasteiger partial charge in [-0.1, -0.05) is 0 Å². The van der Waals surface area contributed by atoms with Gasteiger partial charge in [0.2, 0.25) is 0 Å². The summed E-state index contributed by atoms with van der Waals surface area (Å²) in [7, 11) is 2.01. The number of hydrogen-bond acceptors (Lipinski definition) is 1. The predicted octanol–water partition coefficient (Wildman–Crippen LogP) is 2.91. The highest BCUT2D eigenvalue weighted by atomic mass is 19.1. The van der Waals surface area contributed by atoms with Gasteiger partial charge in [-0.2, -0.15) is 0 Å². The van der Waals surface area contributed by atoms with Crippen LogP contribution >= 0.6 is 0 Å². The van der Waals surface area contributed by atoms with E-state index in [0.29, 0.717) is 12.0 Å². The maximum Gasteiger partial charge on any atom is 0.123 e. The van der Waals surface area contributed by atoms with Gasteiger partial charge in [-0.15, -0.1) is 0 Å². The van der Waals surface area contributed by atoms with E-state index in [2.05, 4.69) is 10.8 Å². The average Bonchev–Trinajstić information content (AvgIpc) is 2.83. The molecule has 0 amide bonds.